The van der Waals surface area contributed by atoms with Crippen LogP contribution in [0.25, 0.3) is 0 Å². The third-order valence-electron chi connectivity index (χ3n) is 4.49. The highest BCUT2D eigenvalue weighted by atomic mass is 16.5. The van der Waals surface area contributed by atoms with E-state index < -0.39 is 0 Å². The number of hydrogen-bond acceptors (Lipinski definition) is 4. The number of benzene rings is 2. The van der Waals surface area contributed by atoms with Gasteiger partial charge in [0, 0.05) is 44.0 Å². The number of rotatable bonds is 7. The smallest absolute Gasteiger partial charge is 0.254 e. The van der Waals surface area contributed by atoms with Gasteiger partial charge in [0.1, 0.15) is 11.5 Å². The van der Waals surface area contributed by atoms with Gasteiger partial charge in [0.15, 0.2) is 0 Å². The van der Waals surface area contributed by atoms with Crippen LogP contribution in [0, 0.1) is 6.92 Å². The second-order valence-corrected chi connectivity index (χ2v) is 6.39. The van der Waals surface area contributed by atoms with E-state index in [-0.39, 0.29) is 5.91 Å². The fourth-order valence-corrected chi connectivity index (χ4v) is 2.84. The summed E-state index contributed by atoms with van der Waals surface area (Å²) in [7, 11) is 7.21. The Morgan fingerprint density at radius 2 is 1.54 bits per heavy atom. The van der Waals surface area contributed by atoms with Gasteiger partial charge in [0.25, 0.3) is 5.91 Å². The largest absolute Gasteiger partial charge is 0.496 e. The second-order valence-electron chi connectivity index (χ2n) is 6.39. The summed E-state index contributed by atoms with van der Waals surface area (Å²) >= 11 is 0. The molecule has 0 spiro atoms. The van der Waals surface area contributed by atoms with Crippen LogP contribution in [0.15, 0.2) is 36.4 Å². The Labute approximate surface area is 156 Å². The average molecular weight is 356 g/mol. The monoisotopic (exact) mass is 356 g/mol. The van der Waals surface area contributed by atoms with Gasteiger partial charge in [0.05, 0.1) is 14.2 Å². The maximum Gasteiger partial charge on any atom is 0.254 e. The summed E-state index contributed by atoms with van der Waals surface area (Å²) in [6.07, 6.45) is 0. The van der Waals surface area contributed by atoms with Crippen LogP contribution in [0.2, 0.25) is 0 Å². The number of methoxy groups -OCH3 is 2. The molecule has 0 heterocycles. The summed E-state index contributed by atoms with van der Waals surface area (Å²) in [5.74, 6) is 1.26. The molecule has 0 aromatic heterocycles. The Hall–Kier alpha value is -2.69. The molecule has 0 atom stereocenters. The number of ether oxygens (including phenoxy) is 2. The Kier molecular flexibility index (Phi) is 6.50. The molecule has 5 nitrogen and oxygen atoms in total. The second kappa shape index (κ2) is 8.61. The van der Waals surface area contributed by atoms with Crippen LogP contribution in [0.3, 0.4) is 0 Å². The Morgan fingerprint density at radius 1 is 1.00 bits per heavy atom. The van der Waals surface area contributed by atoms with Crippen molar-refractivity contribution in [2.24, 2.45) is 0 Å². The molecule has 5 heteroatoms. The molecule has 0 aliphatic carbocycles. The number of carbonyl (C=O) groups is 1. The lowest BCUT2D eigenvalue weighted by molar-refractivity contribution is 0.0752. The van der Waals surface area contributed by atoms with Crippen molar-refractivity contribution < 1.29 is 14.3 Å². The Balaban J connectivity index is 2.25. The van der Waals surface area contributed by atoms with Crippen molar-refractivity contribution in [1.82, 2.24) is 4.90 Å². The van der Waals surface area contributed by atoms with Crippen molar-refractivity contribution in [1.29, 1.82) is 0 Å². The molecule has 0 radical (unpaired) electrons. The van der Waals surface area contributed by atoms with E-state index in [2.05, 4.69) is 29.2 Å². The molecule has 0 fully saturated rings. The lowest BCUT2D eigenvalue weighted by Gasteiger charge is -2.22. The molecular formula is C21H28N2O3. The van der Waals surface area contributed by atoms with E-state index in [0.29, 0.717) is 30.2 Å². The summed E-state index contributed by atoms with van der Waals surface area (Å²) in [6.45, 7) is 5.07. The third kappa shape index (κ3) is 4.28. The van der Waals surface area contributed by atoms with Crippen LogP contribution in [0.1, 0.15) is 28.4 Å². The first-order valence-corrected chi connectivity index (χ1v) is 8.69. The summed E-state index contributed by atoms with van der Waals surface area (Å²) in [5, 5.41) is 0. The highest BCUT2D eigenvalue weighted by Gasteiger charge is 2.18. The predicted molar refractivity (Wildman–Crippen MR) is 105 cm³/mol. The molecule has 2 rings (SSSR count). The SMILES string of the molecule is CCN(Cc1ccc(N(C)C)cc1)C(=O)c1cc(OC)c(C)c(OC)c1. The van der Waals surface area contributed by atoms with E-state index in [9.17, 15) is 4.79 Å². The van der Waals surface area contributed by atoms with Gasteiger partial charge in [-0.15, -0.1) is 0 Å². The first-order valence-electron chi connectivity index (χ1n) is 8.69. The molecule has 2 aromatic carbocycles. The molecule has 2 aromatic rings. The van der Waals surface area contributed by atoms with Gasteiger partial charge in [-0.1, -0.05) is 12.1 Å². The molecule has 140 valence electrons. The van der Waals surface area contributed by atoms with Gasteiger partial charge in [-0.2, -0.15) is 0 Å². The molecule has 0 saturated carbocycles. The number of carbonyl (C=O) groups excluding carboxylic acids is 1. The average Bonchev–Trinajstić information content (AvgIpc) is 2.66. The third-order valence-corrected chi connectivity index (χ3v) is 4.49. The van der Waals surface area contributed by atoms with E-state index >= 15 is 0 Å². The van der Waals surface area contributed by atoms with Crippen LogP contribution in [0.5, 0.6) is 11.5 Å². The summed E-state index contributed by atoms with van der Waals surface area (Å²) < 4.78 is 10.8. The van der Waals surface area contributed by atoms with E-state index in [4.69, 9.17) is 9.47 Å². The standard InChI is InChI=1S/C21H28N2O3/c1-7-23(14-16-8-10-18(11-9-16)22(3)4)21(24)17-12-19(25-5)15(2)20(13-17)26-6/h8-13H,7,14H2,1-6H3. The zero-order valence-corrected chi connectivity index (χ0v) is 16.5. The van der Waals surface area contributed by atoms with Crippen molar-refractivity contribution in [2.45, 2.75) is 20.4 Å². The predicted octanol–water partition coefficient (Wildman–Crippen LogP) is 3.74. The van der Waals surface area contributed by atoms with Crippen LogP contribution in [-0.4, -0.2) is 45.7 Å². The normalized spacial score (nSPS) is 10.4. The van der Waals surface area contributed by atoms with E-state index in [1.165, 1.54) is 0 Å². The maximum atomic E-state index is 13.0. The van der Waals surface area contributed by atoms with Gasteiger partial charge in [0.2, 0.25) is 0 Å². The van der Waals surface area contributed by atoms with Gasteiger partial charge >= 0.3 is 0 Å². The molecule has 1 amide bonds. The number of amides is 1. The minimum absolute atomic E-state index is 0.0409. The van der Waals surface area contributed by atoms with Crippen LogP contribution < -0.4 is 14.4 Å². The molecule has 0 aliphatic heterocycles. The van der Waals surface area contributed by atoms with Crippen LogP contribution >= 0.6 is 0 Å². The molecule has 0 unspecified atom stereocenters. The zero-order valence-electron chi connectivity index (χ0n) is 16.5. The minimum atomic E-state index is -0.0409. The first kappa shape index (κ1) is 19.6. The van der Waals surface area contributed by atoms with Gasteiger partial charge in [-0.05, 0) is 43.7 Å². The van der Waals surface area contributed by atoms with E-state index in [1.807, 2.05) is 32.8 Å². The number of anilines is 1. The minimum Gasteiger partial charge on any atom is -0.496 e. The van der Waals surface area contributed by atoms with Gasteiger partial charge in [-0.25, -0.2) is 0 Å². The van der Waals surface area contributed by atoms with Crippen molar-refractivity contribution in [3.05, 3.63) is 53.1 Å². The summed E-state index contributed by atoms with van der Waals surface area (Å²) in [6, 6.07) is 11.8. The van der Waals surface area contributed by atoms with Crippen LogP contribution in [-0.2, 0) is 6.54 Å². The molecule has 0 aliphatic rings. The highest BCUT2D eigenvalue weighted by Crippen LogP contribution is 2.30. The topological polar surface area (TPSA) is 42.0 Å². The molecule has 0 bridgehead atoms. The fraction of sp³-hybridized carbons (Fsp3) is 0.381. The zero-order chi connectivity index (χ0) is 19.3. The van der Waals surface area contributed by atoms with Crippen LogP contribution in [0.4, 0.5) is 5.69 Å². The van der Waals surface area contributed by atoms with E-state index in [0.717, 1.165) is 16.8 Å². The van der Waals surface area contributed by atoms with Gasteiger partial charge in [-0.3, -0.25) is 4.79 Å². The summed E-state index contributed by atoms with van der Waals surface area (Å²) in [4.78, 5) is 16.9. The van der Waals surface area contributed by atoms with Gasteiger partial charge < -0.3 is 19.3 Å². The fourth-order valence-electron chi connectivity index (χ4n) is 2.84. The van der Waals surface area contributed by atoms with Crippen molar-refractivity contribution in [3.8, 4) is 11.5 Å². The lowest BCUT2D eigenvalue weighted by Crippen LogP contribution is -2.30. The number of nitrogens with zero attached hydrogens (tertiary/aromatic N) is 2. The Morgan fingerprint density at radius 3 is 1.96 bits per heavy atom. The van der Waals surface area contributed by atoms with Crippen molar-refractivity contribution in [3.63, 3.8) is 0 Å². The first-order chi connectivity index (χ1) is 12.4. The molecule has 0 saturated heterocycles. The van der Waals surface area contributed by atoms with Crippen molar-refractivity contribution >= 4 is 11.6 Å². The molecular weight excluding hydrogens is 328 g/mol. The molecule has 26 heavy (non-hydrogen) atoms. The molecule has 0 N–H and O–H groups in total. The highest BCUT2D eigenvalue weighted by molar-refractivity contribution is 5.95. The quantitative estimate of drug-likeness (QED) is 0.758. The lowest BCUT2D eigenvalue weighted by atomic mass is 10.1. The maximum absolute atomic E-state index is 13.0. The van der Waals surface area contributed by atoms with Crippen molar-refractivity contribution in [2.75, 3.05) is 39.8 Å². The summed E-state index contributed by atoms with van der Waals surface area (Å²) in [5.41, 5.74) is 3.68. The van der Waals surface area contributed by atoms with E-state index in [1.54, 1.807) is 26.4 Å². The Bertz CT molecular complexity index is 729. The number of hydrogen-bond donors (Lipinski definition) is 0.